The molecule has 1 atom stereocenters. The molecule has 0 fully saturated rings. The van der Waals surface area contributed by atoms with Gasteiger partial charge in [0.05, 0.1) is 19.9 Å². The third-order valence-corrected chi connectivity index (χ3v) is 3.69. The zero-order chi connectivity index (χ0) is 15.6. The molecule has 0 saturated carbocycles. The normalized spacial score (nSPS) is 12.0. The molecule has 4 heteroatoms. The van der Waals surface area contributed by atoms with Gasteiger partial charge in [-0.05, 0) is 48.7 Å². The topological polar surface area (TPSA) is 64.7 Å². The van der Waals surface area contributed by atoms with Gasteiger partial charge in [-0.15, -0.1) is 0 Å². The number of rotatable bonds is 4. The predicted molar refractivity (Wildman–Crippen MR) is 83.9 cm³/mol. The highest BCUT2D eigenvalue weighted by molar-refractivity contribution is 5.61. The SMILES string of the molecule is COc1cc(C)c(C(O)c2cccc(OC)c2N)cc1C. The molecule has 0 saturated heterocycles. The van der Waals surface area contributed by atoms with Crippen molar-refractivity contribution in [1.82, 2.24) is 0 Å². The fraction of sp³-hybridized carbons (Fsp3) is 0.294. The van der Waals surface area contributed by atoms with Gasteiger partial charge in [-0.25, -0.2) is 0 Å². The van der Waals surface area contributed by atoms with Crippen molar-refractivity contribution in [2.24, 2.45) is 0 Å². The molecule has 2 aromatic rings. The third-order valence-electron chi connectivity index (χ3n) is 3.69. The largest absolute Gasteiger partial charge is 0.496 e. The lowest BCUT2D eigenvalue weighted by atomic mass is 9.94. The van der Waals surface area contributed by atoms with Crippen molar-refractivity contribution < 1.29 is 14.6 Å². The second-order valence-corrected chi connectivity index (χ2v) is 5.04. The highest BCUT2D eigenvalue weighted by Crippen LogP contribution is 2.35. The smallest absolute Gasteiger partial charge is 0.142 e. The fourth-order valence-electron chi connectivity index (χ4n) is 2.47. The Labute approximate surface area is 125 Å². The summed E-state index contributed by atoms with van der Waals surface area (Å²) in [6, 6.07) is 9.25. The molecule has 0 spiro atoms. The number of aliphatic hydroxyl groups excluding tert-OH is 1. The minimum absolute atomic E-state index is 0.459. The quantitative estimate of drug-likeness (QED) is 0.848. The number of methoxy groups -OCH3 is 2. The summed E-state index contributed by atoms with van der Waals surface area (Å²) in [7, 11) is 3.20. The fourth-order valence-corrected chi connectivity index (χ4v) is 2.47. The number of anilines is 1. The van der Waals surface area contributed by atoms with Crippen molar-refractivity contribution in [3.05, 3.63) is 52.6 Å². The summed E-state index contributed by atoms with van der Waals surface area (Å²) < 4.78 is 10.5. The van der Waals surface area contributed by atoms with E-state index in [-0.39, 0.29) is 0 Å². The molecule has 0 heterocycles. The maximum atomic E-state index is 10.7. The third kappa shape index (κ3) is 2.81. The maximum absolute atomic E-state index is 10.7. The Morgan fingerprint density at radius 2 is 1.62 bits per heavy atom. The number of benzene rings is 2. The van der Waals surface area contributed by atoms with Gasteiger partial charge in [0.2, 0.25) is 0 Å². The molecule has 0 amide bonds. The van der Waals surface area contributed by atoms with Gasteiger partial charge in [0, 0.05) is 5.56 Å². The molecule has 4 nitrogen and oxygen atoms in total. The van der Waals surface area contributed by atoms with E-state index in [2.05, 4.69) is 0 Å². The molecule has 0 radical (unpaired) electrons. The van der Waals surface area contributed by atoms with Crippen LogP contribution >= 0.6 is 0 Å². The minimum atomic E-state index is -0.801. The molecule has 21 heavy (non-hydrogen) atoms. The summed E-state index contributed by atoms with van der Waals surface area (Å²) in [6.45, 7) is 3.89. The summed E-state index contributed by atoms with van der Waals surface area (Å²) in [5.41, 5.74) is 9.90. The first-order valence-corrected chi connectivity index (χ1v) is 6.75. The number of hydrogen-bond acceptors (Lipinski definition) is 4. The predicted octanol–water partition coefficient (Wildman–Crippen LogP) is 2.98. The van der Waals surface area contributed by atoms with E-state index in [1.807, 2.05) is 38.1 Å². The van der Waals surface area contributed by atoms with E-state index in [4.69, 9.17) is 15.2 Å². The van der Waals surface area contributed by atoms with Crippen LogP contribution in [0.4, 0.5) is 5.69 Å². The van der Waals surface area contributed by atoms with E-state index in [1.165, 1.54) is 0 Å². The van der Waals surface area contributed by atoms with Gasteiger partial charge < -0.3 is 20.3 Å². The second-order valence-electron chi connectivity index (χ2n) is 5.04. The molecule has 112 valence electrons. The van der Waals surface area contributed by atoms with Gasteiger partial charge in [0.15, 0.2) is 0 Å². The van der Waals surface area contributed by atoms with Crippen LogP contribution in [0.3, 0.4) is 0 Å². The summed E-state index contributed by atoms with van der Waals surface area (Å²) >= 11 is 0. The van der Waals surface area contributed by atoms with Crippen LogP contribution in [-0.4, -0.2) is 19.3 Å². The van der Waals surface area contributed by atoms with Crippen molar-refractivity contribution in [2.45, 2.75) is 20.0 Å². The van der Waals surface area contributed by atoms with Gasteiger partial charge in [-0.2, -0.15) is 0 Å². The van der Waals surface area contributed by atoms with Gasteiger partial charge in [-0.3, -0.25) is 0 Å². The van der Waals surface area contributed by atoms with Crippen molar-refractivity contribution in [2.75, 3.05) is 20.0 Å². The number of aliphatic hydroxyl groups is 1. The van der Waals surface area contributed by atoms with Gasteiger partial charge in [0.1, 0.15) is 17.6 Å². The van der Waals surface area contributed by atoms with Crippen LogP contribution in [0.5, 0.6) is 11.5 Å². The first kappa shape index (κ1) is 15.2. The molecular formula is C17H21NO3. The summed E-state index contributed by atoms with van der Waals surface area (Å²) in [5.74, 6) is 1.37. The lowest BCUT2D eigenvalue weighted by molar-refractivity contribution is 0.219. The van der Waals surface area contributed by atoms with Crippen molar-refractivity contribution >= 4 is 5.69 Å². The molecule has 3 N–H and O–H groups in total. The van der Waals surface area contributed by atoms with Crippen LogP contribution in [0.1, 0.15) is 28.4 Å². The molecule has 0 bridgehead atoms. The van der Waals surface area contributed by atoms with E-state index >= 15 is 0 Å². The Hall–Kier alpha value is -2.20. The first-order chi connectivity index (χ1) is 9.99. The average Bonchev–Trinajstić information content (AvgIpc) is 2.48. The van der Waals surface area contributed by atoms with Crippen LogP contribution in [-0.2, 0) is 0 Å². The number of ether oxygens (including phenoxy) is 2. The van der Waals surface area contributed by atoms with Crippen molar-refractivity contribution in [3.63, 3.8) is 0 Å². The minimum Gasteiger partial charge on any atom is -0.496 e. The van der Waals surface area contributed by atoms with E-state index in [0.29, 0.717) is 17.0 Å². The molecule has 1 unspecified atom stereocenters. The Morgan fingerprint density at radius 3 is 2.24 bits per heavy atom. The number of para-hydroxylation sites is 1. The summed E-state index contributed by atoms with van der Waals surface area (Å²) in [5, 5.41) is 10.7. The van der Waals surface area contributed by atoms with Crippen LogP contribution in [0.15, 0.2) is 30.3 Å². The average molecular weight is 287 g/mol. The maximum Gasteiger partial charge on any atom is 0.142 e. The molecule has 2 aromatic carbocycles. The molecule has 0 aromatic heterocycles. The number of nitrogen functional groups attached to an aromatic ring is 1. The van der Waals surface area contributed by atoms with E-state index in [0.717, 1.165) is 22.4 Å². The Bertz CT molecular complexity index is 653. The number of hydrogen-bond donors (Lipinski definition) is 2. The molecule has 0 aliphatic carbocycles. The highest BCUT2D eigenvalue weighted by atomic mass is 16.5. The van der Waals surface area contributed by atoms with Crippen LogP contribution < -0.4 is 15.2 Å². The molecule has 2 rings (SSSR count). The van der Waals surface area contributed by atoms with Gasteiger partial charge in [-0.1, -0.05) is 12.1 Å². The lowest BCUT2D eigenvalue weighted by Gasteiger charge is -2.19. The summed E-state index contributed by atoms with van der Waals surface area (Å²) in [6.07, 6.45) is -0.801. The first-order valence-electron chi connectivity index (χ1n) is 6.75. The monoisotopic (exact) mass is 287 g/mol. The lowest BCUT2D eigenvalue weighted by Crippen LogP contribution is -2.07. The molecule has 0 aliphatic rings. The van der Waals surface area contributed by atoms with E-state index in [1.54, 1.807) is 20.3 Å². The van der Waals surface area contributed by atoms with E-state index < -0.39 is 6.10 Å². The molecule has 0 aliphatic heterocycles. The second kappa shape index (κ2) is 6.06. The van der Waals surface area contributed by atoms with Crippen molar-refractivity contribution in [1.29, 1.82) is 0 Å². The van der Waals surface area contributed by atoms with E-state index in [9.17, 15) is 5.11 Å². The standard InChI is InChI=1S/C17H21NO3/c1-10-9-15(21-4)11(2)8-13(10)17(19)12-6-5-7-14(20-3)16(12)18/h5-9,17,19H,18H2,1-4H3. The zero-order valence-corrected chi connectivity index (χ0v) is 12.8. The van der Waals surface area contributed by atoms with Crippen LogP contribution in [0.25, 0.3) is 0 Å². The van der Waals surface area contributed by atoms with Crippen molar-refractivity contribution in [3.8, 4) is 11.5 Å². The number of nitrogens with two attached hydrogens (primary N) is 1. The summed E-state index contributed by atoms with van der Waals surface area (Å²) in [4.78, 5) is 0. The van der Waals surface area contributed by atoms with Crippen LogP contribution in [0, 0.1) is 13.8 Å². The Morgan fingerprint density at radius 1 is 0.952 bits per heavy atom. The zero-order valence-electron chi connectivity index (χ0n) is 12.8. The molecular weight excluding hydrogens is 266 g/mol. The Balaban J connectivity index is 2.50. The van der Waals surface area contributed by atoms with Crippen LogP contribution in [0.2, 0.25) is 0 Å². The highest BCUT2D eigenvalue weighted by Gasteiger charge is 2.19. The Kier molecular flexibility index (Phi) is 4.38. The van der Waals surface area contributed by atoms with Gasteiger partial charge >= 0.3 is 0 Å². The van der Waals surface area contributed by atoms with Gasteiger partial charge in [0.25, 0.3) is 0 Å². The number of aryl methyl sites for hydroxylation is 2.